The maximum atomic E-state index is 11.7. The number of hydrogen-bond acceptors (Lipinski definition) is 4. The molecular weight excluding hydrogens is 274 g/mol. The lowest BCUT2D eigenvalue weighted by molar-refractivity contribution is -0.142. The van der Waals surface area contributed by atoms with Crippen LogP contribution in [0.3, 0.4) is 0 Å². The van der Waals surface area contributed by atoms with Gasteiger partial charge in [-0.1, -0.05) is 19.8 Å². The summed E-state index contributed by atoms with van der Waals surface area (Å²) in [7, 11) is 0. The van der Waals surface area contributed by atoms with Gasteiger partial charge in [-0.3, -0.25) is 9.59 Å². The lowest BCUT2D eigenvalue weighted by Crippen LogP contribution is -2.42. The Morgan fingerprint density at radius 3 is 2.52 bits per heavy atom. The maximum absolute atomic E-state index is 11.7. The standard InChI is InChI=1S/C15H19NO5/c1-2-3-4-13(15(19)20)16-14(18)10-21-12-7-5-11(9-17)6-8-12/h5-9,13H,2-4,10H2,1H3,(H,16,18)(H,19,20). The molecule has 6 nitrogen and oxygen atoms in total. The molecule has 0 aromatic heterocycles. The average molecular weight is 293 g/mol. The zero-order chi connectivity index (χ0) is 15.7. The smallest absolute Gasteiger partial charge is 0.326 e. The molecule has 0 saturated carbocycles. The number of nitrogens with one attached hydrogen (secondary N) is 1. The number of ether oxygens (including phenoxy) is 1. The first-order valence-electron chi connectivity index (χ1n) is 6.77. The van der Waals surface area contributed by atoms with Crippen molar-refractivity contribution in [2.24, 2.45) is 0 Å². The fourth-order valence-electron chi connectivity index (χ4n) is 1.69. The summed E-state index contributed by atoms with van der Waals surface area (Å²) < 4.78 is 5.23. The zero-order valence-electron chi connectivity index (χ0n) is 11.9. The Morgan fingerprint density at radius 1 is 1.33 bits per heavy atom. The van der Waals surface area contributed by atoms with Crippen LogP contribution >= 0.6 is 0 Å². The molecule has 0 saturated heterocycles. The number of carbonyl (C=O) groups excluding carboxylic acids is 2. The van der Waals surface area contributed by atoms with Crippen LogP contribution < -0.4 is 10.1 Å². The molecule has 0 aliphatic heterocycles. The first-order chi connectivity index (χ1) is 10.1. The minimum Gasteiger partial charge on any atom is -0.484 e. The lowest BCUT2D eigenvalue weighted by Gasteiger charge is -2.14. The van der Waals surface area contributed by atoms with Gasteiger partial charge in [-0.25, -0.2) is 4.79 Å². The largest absolute Gasteiger partial charge is 0.484 e. The van der Waals surface area contributed by atoms with Gasteiger partial charge < -0.3 is 15.2 Å². The summed E-state index contributed by atoms with van der Waals surface area (Å²) in [6, 6.07) is 5.40. The molecule has 1 rings (SSSR count). The second kappa shape index (κ2) is 8.73. The Kier molecular flexibility index (Phi) is 6.94. The van der Waals surface area contributed by atoms with Gasteiger partial charge in [0.2, 0.25) is 0 Å². The molecule has 2 N–H and O–H groups in total. The molecule has 21 heavy (non-hydrogen) atoms. The van der Waals surface area contributed by atoms with Crippen LogP contribution in [0.15, 0.2) is 24.3 Å². The summed E-state index contributed by atoms with van der Waals surface area (Å²) in [5, 5.41) is 11.4. The van der Waals surface area contributed by atoms with E-state index in [4.69, 9.17) is 9.84 Å². The van der Waals surface area contributed by atoms with Crippen molar-refractivity contribution in [3.05, 3.63) is 29.8 Å². The van der Waals surface area contributed by atoms with Gasteiger partial charge in [-0.2, -0.15) is 0 Å². The normalized spacial score (nSPS) is 11.5. The Morgan fingerprint density at radius 2 is 2.00 bits per heavy atom. The van der Waals surface area contributed by atoms with Crippen LogP contribution in [0.25, 0.3) is 0 Å². The van der Waals surface area contributed by atoms with E-state index >= 15 is 0 Å². The Balaban J connectivity index is 2.44. The summed E-state index contributed by atoms with van der Waals surface area (Å²) in [6.45, 7) is 1.68. The van der Waals surface area contributed by atoms with E-state index in [1.54, 1.807) is 24.3 Å². The molecule has 1 atom stereocenters. The molecule has 1 aromatic rings. The third-order valence-electron chi connectivity index (χ3n) is 2.87. The maximum Gasteiger partial charge on any atom is 0.326 e. The summed E-state index contributed by atoms with van der Waals surface area (Å²) >= 11 is 0. The van der Waals surface area contributed by atoms with Crippen molar-refractivity contribution in [3.63, 3.8) is 0 Å². The van der Waals surface area contributed by atoms with E-state index in [1.807, 2.05) is 6.92 Å². The van der Waals surface area contributed by atoms with Crippen LogP contribution in [-0.2, 0) is 9.59 Å². The SMILES string of the molecule is CCCCC(NC(=O)COc1ccc(C=O)cc1)C(=O)O. The molecule has 0 heterocycles. The number of amides is 1. The molecule has 1 aromatic carbocycles. The minimum absolute atomic E-state index is 0.268. The number of aliphatic carboxylic acids is 1. The number of unbranched alkanes of at least 4 members (excludes halogenated alkanes) is 1. The molecule has 6 heteroatoms. The van der Waals surface area contributed by atoms with Crippen molar-refractivity contribution in [3.8, 4) is 5.75 Å². The predicted octanol–water partition coefficient (Wildman–Crippen LogP) is 1.64. The van der Waals surface area contributed by atoms with Gasteiger partial charge >= 0.3 is 5.97 Å². The summed E-state index contributed by atoms with van der Waals surface area (Å²) in [5.41, 5.74) is 0.511. The summed E-state index contributed by atoms with van der Waals surface area (Å²) in [4.78, 5) is 33.2. The van der Waals surface area contributed by atoms with E-state index in [0.717, 1.165) is 12.8 Å². The third-order valence-corrected chi connectivity index (χ3v) is 2.87. The third kappa shape index (κ3) is 6.07. The Labute approximate surface area is 123 Å². The highest BCUT2D eigenvalue weighted by Gasteiger charge is 2.19. The van der Waals surface area contributed by atoms with Crippen LogP contribution in [0, 0.1) is 0 Å². The van der Waals surface area contributed by atoms with Crippen LogP contribution in [0.4, 0.5) is 0 Å². The second-order valence-electron chi connectivity index (χ2n) is 4.58. The number of aldehydes is 1. The van der Waals surface area contributed by atoms with E-state index in [-0.39, 0.29) is 6.61 Å². The van der Waals surface area contributed by atoms with Crippen molar-refractivity contribution in [1.82, 2.24) is 5.32 Å². The highest BCUT2D eigenvalue weighted by Crippen LogP contribution is 2.10. The second-order valence-corrected chi connectivity index (χ2v) is 4.58. The highest BCUT2D eigenvalue weighted by molar-refractivity contribution is 5.84. The highest BCUT2D eigenvalue weighted by atomic mass is 16.5. The van der Waals surface area contributed by atoms with Crippen LogP contribution in [0.1, 0.15) is 36.5 Å². The van der Waals surface area contributed by atoms with Crippen molar-refractivity contribution in [2.75, 3.05) is 6.61 Å². The lowest BCUT2D eigenvalue weighted by atomic mass is 10.1. The van der Waals surface area contributed by atoms with Gasteiger partial charge in [0.15, 0.2) is 6.61 Å². The van der Waals surface area contributed by atoms with E-state index in [0.29, 0.717) is 24.0 Å². The van der Waals surface area contributed by atoms with Crippen molar-refractivity contribution >= 4 is 18.2 Å². The van der Waals surface area contributed by atoms with Crippen molar-refractivity contribution in [2.45, 2.75) is 32.2 Å². The fourth-order valence-corrected chi connectivity index (χ4v) is 1.69. The zero-order valence-corrected chi connectivity index (χ0v) is 11.9. The molecule has 0 fully saturated rings. The number of benzene rings is 1. The van der Waals surface area contributed by atoms with E-state index in [9.17, 15) is 14.4 Å². The number of carbonyl (C=O) groups is 3. The summed E-state index contributed by atoms with van der Waals surface area (Å²) in [6.07, 6.45) is 2.69. The van der Waals surface area contributed by atoms with Crippen LogP contribution in [0.2, 0.25) is 0 Å². The van der Waals surface area contributed by atoms with Crippen LogP contribution in [0.5, 0.6) is 5.75 Å². The Hall–Kier alpha value is -2.37. The molecule has 0 bridgehead atoms. The molecule has 0 aliphatic rings. The quantitative estimate of drug-likeness (QED) is 0.675. The van der Waals surface area contributed by atoms with Crippen LogP contribution in [-0.4, -0.2) is 35.9 Å². The molecule has 0 aliphatic carbocycles. The van der Waals surface area contributed by atoms with E-state index < -0.39 is 17.9 Å². The molecule has 0 spiro atoms. The van der Waals surface area contributed by atoms with Gasteiger partial charge in [0.05, 0.1) is 0 Å². The first kappa shape index (κ1) is 16.7. The molecule has 1 unspecified atom stereocenters. The number of carboxylic acid groups (broad SMARTS) is 1. The number of rotatable bonds is 9. The van der Waals surface area contributed by atoms with Gasteiger partial charge in [0, 0.05) is 5.56 Å². The van der Waals surface area contributed by atoms with Crippen molar-refractivity contribution in [1.29, 1.82) is 0 Å². The minimum atomic E-state index is -1.05. The predicted molar refractivity (Wildman–Crippen MR) is 76.4 cm³/mol. The molecule has 114 valence electrons. The average Bonchev–Trinajstić information content (AvgIpc) is 2.49. The number of hydrogen-bond donors (Lipinski definition) is 2. The Bertz CT molecular complexity index is 483. The first-order valence-corrected chi connectivity index (χ1v) is 6.77. The van der Waals surface area contributed by atoms with Gasteiger partial charge in [-0.05, 0) is 30.7 Å². The van der Waals surface area contributed by atoms with Crippen molar-refractivity contribution < 1.29 is 24.2 Å². The molecular formula is C15H19NO5. The van der Waals surface area contributed by atoms with Gasteiger partial charge in [0.1, 0.15) is 18.1 Å². The fraction of sp³-hybridized carbons (Fsp3) is 0.400. The monoisotopic (exact) mass is 293 g/mol. The topological polar surface area (TPSA) is 92.7 Å². The molecule has 1 amide bonds. The number of carboxylic acids is 1. The summed E-state index contributed by atoms with van der Waals surface area (Å²) in [5.74, 6) is -1.10. The van der Waals surface area contributed by atoms with E-state index in [2.05, 4.69) is 5.32 Å². The van der Waals surface area contributed by atoms with E-state index in [1.165, 1.54) is 0 Å². The van der Waals surface area contributed by atoms with Gasteiger partial charge in [-0.15, -0.1) is 0 Å². The molecule has 0 radical (unpaired) electrons. The van der Waals surface area contributed by atoms with Gasteiger partial charge in [0.25, 0.3) is 5.91 Å².